The van der Waals surface area contributed by atoms with Crippen LogP contribution in [0.1, 0.15) is 24.1 Å². The molecule has 0 radical (unpaired) electrons. The summed E-state index contributed by atoms with van der Waals surface area (Å²) in [5.41, 5.74) is 4.43. The van der Waals surface area contributed by atoms with Crippen LogP contribution < -0.4 is 4.90 Å². The highest BCUT2D eigenvalue weighted by atomic mass is 15.3. The fourth-order valence-electron chi connectivity index (χ4n) is 4.61. The highest BCUT2D eigenvalue weighted by Gasteiger charge is 2.38. The largest absolute Gasteiger partial charge is 0.354 e. The van der Waals surface area contributed by atoms with Gasteiger partial charge in [-0.15, -0.1) is 0 Å². The Balaban J connectivity index is 1.36. The van der Waals surface area contributed by atoms with Crippen LogP contribution in [0.3, 0.4) is 0 Å². The minimum absolute atomic E-state index is 0.577. The zero-order valence-corrected chi connectivity index (χ0v) is 15.8. The van der Waals surface area contributed by atoms with Gasteiger partial charge in [-0.3, -0.25) is 14.9 Å². The predicted octanol–water partition coefficient (Wildman–Crippen LogP) is 3.43. The van der Waals surface area contributed by atoms with E-state index in [1.54, 1.807) is 0 Å². The van der Waals surface area contributed by atoms with Gasteiger partial charge in [-0.2, -0.15) is 0 Å². The van der Waals surface area contributed by atoms with Gasteiger partial charge in [0.05, 0.1) is 22.9 Å². The van der Waals surface area contributed by atoms with Crippen molar-refractivity contribution in [1.29, 1.82) is 0 Å². The molecule has 3 aromatic rings. The van der Waals surface area contributed by atoms with Crippen LogP contribution in [0, 0.1) is 12.8 Å². The van der Waals surface area contributed by atoms with Gasteiger partial charge in [0.15, 0.2) is 0 Å². The standard InChI is InChI=1S/C22H25N5/c1-16-5-4-10-23-20(16)14-26-11-8-17-9-12-27(15-21(17)26)22-13-24-18-6-2-3-7-19(18)25-22/h2-7,10,13,17,21H,8-9,11-12,14-15H2,1H3. The Morgan fingerprint density at radius 2 is 1.85 bits per heavy atom. The molecule has 138 valence electrons. The van der Waals surface area contributed by atoms with Crippen molar-refractivity contribution in [2.75, 3.05) is 24.5 Å². The first kappa shape index (κ1) is 16.6. The molecule has 27 heavy (non-hydrogen) atoms. The Labute approximate surface area is 160 Å². The van der Waals surface area contributed by atoms with Gasteiger partial charge in [-0.05, 0) is 56.0 Å². The lowest BCUT2D eigenvalue weighted by Gasteiger charge is -2.39. The Morgan fingerprint density at radius 3 is 2.74 bits per heavy atom. The Hall–Kier alpha value is -2.53. The minimum atomic E-state index is 0.577. The molecule has 0 bridgehead atoms. The number of fused-ring (bicyclic) bond motifs is 2. The molecule has 0 spiro atoms. The first-order chi connectivity index (χ1) is 13.3. The molecule has 2 unspecified atom stereocenters. The number of aryl methyl sites for hydroxylation is 1. The molecule has 2 atom stereocenters. The average Bonchev–Trinajstić information content (AvgIpc) is 3.11. The number of benzene rings is 1. The topological polar surface area (TPSA) is 45.2 Å². The fourth-order valence-corrected chi connectivity index (χ4v) is 4.61. The number of aromatic nitrogens is 3. The smallest absolute Gasteiger partial charge is 0.147 e. The maximum Gasteiger partial charge on any atom is 0.147 e. The molecule has 0 N–H and O–H groups in total. The number of hydrogen-bond donors (Lipinski definition) is 0. The number of pyridine rings is 1. The number of rotatable bonds is 3. The fraction of sp³-hybridized carbons (Fsp3) is 0.409. The van der Waals surface area contributed by atoms with Crippen molar-refractivity contribution in [3.05, 3.63) is 60.0 Å². The van der Waals surface area contributed by atoms with Crippen molar-refractivity contribution < 1.29 is 0 Å². The molecular formula is C22H25N5. The van der Waals surface area contributed by atoms with E-state index in [0.29, 0.717) is 6.04 Å². The summed E-state index contributed by atoms with van der Waals surface area (Å²) in [6.07, 6.45) is 6.38. The normalized spacial score (nSPS) is 22.9. The first-order valence-corrected chi connectivity index (χ1v) is 9.89. The van der Waals surface area contributed by atoms with E-state index in [-0.39, 0.29) is 0 Å². The summed E-state index contributed by atoms with van der Waals surface area (Å²) in [5, 5.41) is 0. The molecule has 2 aliphatic heterocycles. The summed E-state index contributed by atoms with van der Waals surface area (Å²) in [7, 11) is 0. The van der Waals surface area contributed by atoms with Crippen LogP contribution in [0.25, 0.3) is 11.0 Å². The van der Waals surface area contributed by atoms with Crippen molar-refractivity contribution in [2.45, 2.75) is 32.4 Å². The van der Waals surface area contributed by atoms with Gasteiger partial charge < -0.3 is 4.90 Å². The molecule has 5 heteroatoms. The van der Waals surface area contributed by atoms with Crippen LogP contribution in [-0.4, -0.2) is 45.5 Å². The number of piperidine rings is 1. The van der Waals surface area contributed by atoms with E-state index in [0.717, 1.165) is 42.4 Å². The van der Waals surface area contributed by atoms with Gasteiger partial charge in [0, 0.05) is 31.9 Å². The summed E-state index contributed by atoms with van der Waals surface area (Å²) < 4.78 is 0. The minimum Gasteiger partial charge on any atom is -0.354 e. The van der Waals surface area contributed by atoms with E-state index in [1.807, 2.05) is 42.7 Å². The maximum absolute atomic E-state index is 4.87. The first-order valence-electron chi connectivity index (χ1n) is 9.89. The van der Waals surface area contributed by atoms with Crippen LogP contribution in [0.2, 0.25) is 0 Å². The van der Waals surface area contributed by atoms with Gasteiger partial charge in [0.2, 0.25) is 0 Å². The monoisotopic (exact) mass is 359 g/mol. The zero-order chi connectivity index (χ0) is 18.2. The molecular weight excluding hydrogens is 334 g/mol. The molecule has 0 amide bonds. The highest BCUT2D eigenvalue weighted by molar-refractivity contribution is 5.75. The quantitative estimate of drug-likeness (QED) is 0.717. The van der Waals surface area contributed by atoms with Gasteiger partial charge in [0.25, 0.3) is 0 Å². The van der Waals surface area contributed by atoms with Crippen LogP contribution in [0.15, 0.2) is 48.8 Å². The van der Waals surface area contributed by atoms with Crippen molar-refractivity contribution in [3.63, 3.8) is 0 Å². The van der Waals surface area contributed by atoms with E-state index in [1.165, 1.54) is 30.6 Å². The van der Waals surface area contributed by atoms with Crippen LogP contribution in [-0.2, 0) is 6.54 Å². The van der Waals surface area contributed by atoms with Gasteiger partial charge >= 0.3 is 0 Å². The number of anilines is 1. The van der Waals surface area contributed by atoms with Crippen molar-refractivity contribution in [3.8, 4) is 0 Å². The van der Waals surface area contributed by atoms with Crippen molar-refractivity contribution in [2.24, 2.45) is 5.92 Å². The second-order valence-electron chi connectivity index (χ2n) is 7.81. The maximum atomic E-state index is 4.87. The second kappa shape index (κ2) is 6.89. The highest BCUT2D eigenvalue weighted by Crippen LogP contribution is 2.34. The third-order valence-electron chi connectivity index (χ3n) is 6.21. The number of nitrogens with zero attached hydrogens (tertiary/aromatic N) is 5. The molecule has 1 aromatic carbocycles. The number of likely N-dealkylation sites (tertiary alicyclic amines) is 1. The molecule has 0 aliphatic carbocycles. The summed E-state index contributed by atoms with van der Waals surface area (Å²) in [6.45, 7) is 6.38. The molecule has 0 saturated carbocycles. The van der Waals surface area contributed by atoms with E-state index in [9.17, 15) is 0 Å². The third kappa shape index (κ3) is 3.16. The van der Waals surface area contributed by atoms with Crippen LogP contribution in [0.5, 0.6) is 0 Å². The second-order valence-corrected chi connectivity index (χ2v) is 7.81. The van der Waals surface area contributed by atoms with Gasteiger partial charge in [-0.25, -0.2) is 4.98 Å². The Kier molecular flexibility index (Phi) is 4.24. The molecule has 4 heterocycles. The van der Waals surface area contributed by atoms with E-state index >= 15 is 0 Å². The van der Waals surface area contributed by atoms with Gasteiger partial charge in [0.1, 0.15) is 5.82 Å². The summed E-state index contributed by atoms with van der Waals surface area (Å²) in [6, 6.07) is 12.9. The Bertz CT molecular complexity index is 956. The molecule has 5 nitrogen and oxygen atoms in total. The van der Waals surface area contributed by atoms with Crippen molar-refractivity contribution in [1.82, 2.24) is 19.9 Å². The summed E-state index contributed by atoms with van der Waals surface area (Å²) in [5.74, 6) is 1.80. The Morgan fingerprint density at radius 1 is 1.00 bits per heavy atom. The molecule has 5 rings (SSSR count). The predicted molar refractivity (Wildman–Crippen MR) is 108 cm³/mol. The third-order valence-corrected chi connectivity index (χ3v) is 6.21. The molecule has 2 aromatic heterocycles. The lowest BCUT2D eigenvalue weighted by molar-refractivity contribution is 0.198. The van der Waals surface area contributed by atoms with E-state index in [4.69, 9.17) is 4.98 Å². The van der Waals surface area contributed by atoms with Crippen molar-refractivity contribution >= 4 is 16.9 Å². The van der Waals surface area contributed by atoms with Gasteiger partial charge in [-0.1, -0.05) is 18.2 Å². The van der Waals surface area contributed by atoms with Crippen LogP contribution in [0.4, 0.5) is 5.82 Å². The van der Waals surface area contributed by atoms with E-state index in [2.05, 4.69) is 32.8 Å². The number of para-hydroxylation sites is 2. The van der Waals surface area contributed by atoms with Crippen LogP contribution >= 0.6 is 0 Å². The lowest BCUT2D eigenvalue weighted by Crippen LogP contribution is -2.48. The molecule has 2 saturated heterocycles. The zero-order valence-electron chi connectivity index (χ0n) is 15.8. The average molecular weight is 359 g/mol. The SMILES string of the molecule is Cc1cccnc1CN1CCC2CCN(c3cnc4ccccc4n3)CC21. The molecule has 2 fully saturated rings. The molecule has 2 aliphatic rings. The lowest BCUT2D eigenvalue weighted by atomic mass is 9.92. The number of hydrogen-bond acceptors (Lipinski definition) is 5. The summed E-state index contributed by atoms with van der Waals surface area (Å²) in [4.78, 5) is 19.1. The summed E-state index contributed by atoms with van der Waals surface area (Å²) >= 11 is 0. The van der Waals surface area contributed by atoms with E-state index < -0.39 is 0 Å².